The molecule has 5 rings (SSSR count). The molecule has 10 heteroatoms. The first-order chi connectivity index (χ1) is 21.5. The van der Waals surface area contributed by atoms with Gasteiger partial charge in [-0.05, 0) is 75.7 Å². The smallest absolute Gasteiger partial charge is 0.293 e. The number of amides is 2. The Balaban J connectivity index is 1.44. The molecule has 1 aromatic heterocycles. The summed E-state index contributed by atoms with van der Waals surface area (Å²) in [5.74, 6) is -0.126. The number of aliphatic hydroxyl groups excluding tert-OH is 1. The van der Waals surface area contributed by atoms with Crippen LogP contribution in [0.5, 0.6) is 0 Å². The van der Waals surface area contributed by atoms with E-state index in [9.17, 15) is 19.5 Å². The molecule has 2 heterocycles. The van der Waals surface area contributed by atoms with Crippen molar-refractivity contribution < 1.29 is 19.4 Å². The van der Waals surface area contributed by atoms with Crippen molar-refractivity contribution in [3.05, 3.63) is 106 Å². The summed E-state index contributed by atoms with van der Waals surface area (Å²) in [4.78, 5) is 48.1. The number of benzene rings is 3. The maximum absolute atomic E-state index is 13.7. The zero-order valence-electron chi connectivity index (χ0n) is 26.3. The van der Waals surface area contributed by atoms with Crippen molar-refractivity contribution in [2.45, 2.75) is 39.3 Å². The van der Waals surface area contributed by atoms with Gasteiger partial charge in [0.25, 0.3) is 17.4 Å². The molecule has 1 unspecified atom stereocenters. The third-order valence-corrected chi connectivity index (χ3v) is 7.81. The van der Waals surface area contributed by atoms with Gasteiger partial charge in [-0.15, -0.1) is 0 Å². The molecule has 45 heavy (non-hydrogen) atoms. The van der Waals surface area contributed by atoms with Gasteiger partial charge in [0.1, 0.15) is 0 Å². The number of hydrogen-bond donors (Lipinski definition) is 2. The van der Waals surface area contributed by atoms with E-state index in [1.165, 1.54) is 4.57 Å². The van der Waals surface area contributed by atoms with Crippen molar-refractivity contribution in [1.29, 1.82) is 0 Å². The van der Waals surface area contributed by atoms with Crippen LogP contribution in [0.1, 0.15) is 47.1 Å². The fourth-order valence-corrected chi connectivity index (χ4v) is 5.48. The minimum Gasteiger partial charge on any atom is -0.394 e. The molecule has 2 amide bonds. The average Bonchev–Trinajstić information content (AvgIpc) is 3.04. The van der Waals surface area contributed by atoms with Gasteiger partial charge in [0.05, 0.1) is 25.0 Å². The molecule has 10 nitrogen and oxygen atoms in total. The SMILES string of the molecule is Cc1c(-c2cn(C)c(=O)c(Nc3ccc(C(=O)N4CCOC(CO)C4)cc3)n2)cccc1N(C(=O)c1ccccc1)C(C)(C)C. The summed E-state index contributed by atoms with van der Waals surface area (Å²) in [6, 6.07) is 21.8. The van der Waals surface area contributed by atoms with Gasteiger partial charge in [0.2, 0.25) is 0 Å². The Morgan fingerprint density at radius 3 is 2.40 bits per heavy atom. The summed E-state index contributed by atoms with van der Waals surface area (Å²) < 4.78 is 6.92. The van der Waals surface area contributed by atoms with E-state index in [2.05, 4.69) is 5.32 Å². The number of aliphatic hydroxyl groups is 1. The van der Waals surface area contributed by atoms with Gasteiger partial charge in [-0.25, -0.2) is 4.98 Å². The van der Waals surface area contributed by atoms with Crippen LogP contribution in [0.3, 0.4) is 0 Å². The molecule has 0 bridgehead atoms. The van der Waals surface area contributed by atoms with Gasteiger partial charge in [0.15, 0.2) is 5.82 Å². The summed E-state index contributed by atoms with van der Waals surface area (Å²) in [6.45, 7) is 8.97. The van der Waals surface area contributed by atoms with Gasteiger partial charge >= 0.3 is 0 Å². The fraction of sp³-hybridized carbons (Fsp3) is 0.314. The highest BCUT2D eigenvalue weighted by Crippen LogP contribution is 2.34. The normalized spacial score (nSPS) is 15.1. The van der Waals surface area contributed by atoms with Crippen molar-refractivity contribution in [3.63, 3.8) is 0 Å². The Morgan fingerprint density at radius 2 is 1.73 bits per heavy atom. The van der Waals surface area contributed by atoms with E-state index in [1.54, 1.807) is 47.3 Å². The predicted octanol–water partition coefficient (Wildman–Crippen LogP) is 4.78. The number of hydrogen-bond acceptors (Lipinski definition) is 7. The molecule has 4 aromatic rings. The van der Waals surface area contributed by atoms with E-state index in [0.29, 0.717) is 42.2 Å². The van der Waals surface area contributed by atoms with E-state index in [4.69, 9.17) is 9.72 Å². The minimum atomic E-state index is -0.518. The summed E-state index contributed by atoms with van der Waals surface area (Å²) >= 11 is 0. The first-order valence-electron chi connectivity index (χ1n) is 14.9. The van der Waals surface area contributed by atoms with Crippen molar-refractivity contribution in [2.24, 2.45) is 7.05 Å². The minimum absolute atomic E-state index is 0.108. The number of nitrogens with one attached hydrogen (secondary N) is 1. The number of carbonyl (C=O) groups excluding carboxylic acids is 2. The van der Waals surface area contributed by atoms with E-state index in [-0.39, 0.29) is 35.9 Å². The highest BCUT2D eigenvalue weighted by molar-refractivity contribution is 6.07. The van der Waals surface area contributed by atoms with Gasteiger partial charge in [-0.2, -0.15) is 0 Å². The zero-order valence-corrected chi connectivity index (χ0v) is 26.3. The van der Waals surface area contributed by atoms with Gasteiger partial charge in [-0.3, -0.25) is 14.4 Å². The Labute approximate surface area is 262 Å². The second-order valence-electron chi connectivity index (χ2n) is 12.1. The van der Waals surface area contributed by atoms with Crippen LogP contribution in [0.15, 0.2) is 83.8 Å². The maximum Gasteiger partial charge on any atom is 0.293 e. The molecular formula is C35H39N5O5. The standard InChI is InChI=1S/C35H39N5O5/c1-23-28(12-9-13-30(23)40(35(2,3)4)33(43)24-10-7-6-8-11-24)29-21-38(5)34(44)31(37-29)36-26-16-14-25(15-17-26)32(42)39-18-19-45-27(20-39)22-41/h6-17,21,27,41H,18-20,22H2,1-5H3,(H,36,37). The molecule has 1 atom stereocenters. The van der Waals surface area contributed by atoms with E-state index >= 15 is 0 Å². The molecule has 1 fully saturated rings. The molecule has 0 saturated carbocycles. The number of anilines is 3. The maximum atomic E-state index is 13.7. The highest BCUT2D eigenvalue weighted by atomic mass is 16.5. The van der Waals surface area contributed by atoms with Crippen LogP contribution in [0.4, 0.5) is 17.2 Å². The van der Waals surface area contributed by atoms with Crippen molar-refractivity contribution in [2.75, 3.05) is 36.5 Å². The summed E-state index contributed by atoms with van der Waals surface area (Å²) in [6.07, 6.45) is 1.30. The number of ether oxygens (including phenoxy) is 1. The second kappa shape index (κ2) is 13.1. The molecule has 1 aliphatic heterocycles. The Hall–Kier alpha value is -4.80. The zero-order chi connectivity index (χ0) is 32.3. The largest absolute Gasteiger partial charge is 0.394 e. The Kier molecular flexibility index (Phi) is 9.17. The van der Waals surface area contributed by atoms with Gasteiger partial charge in [-0.1, -0.05) is 30.3 Å². The van der Waals surface area contributed by atoms with E-state index in [1.807, 2.05) is 76.2 Å². The first-order valence-corrected chi connectivity index (χ1v) is 14.9. The molecule has 234 valence electrons. The third-order valence-electron chi connectivity index (χ3n) is 7.81. The number of carbonyl (C=O) groups is 2. The number of aromatic nitrogens is 2. The molecule has 3 aromatic carbocycles. The summed E-state index contributed by atoms with van der Waals surface area (Å²) in [5, 5.41) is 12.5. The van der Waals surface area contributed by atoms with Gasteiger partial charge < -0.3 is 29.5 Å². The van der Waals surface area contributed by atoms with Crippen LogP contribution in [0.25, 0.3) is 11.3 Å². The van der Waals surface area contributed by atoms with Crippen LogP contribution in [0.2, 0.25) is 0 Å². The lowest BCUT2D eigenvalue weighted by Crippen LogP contribution is -2.46. The van der Waals surface area contributed by atoms with E-state index < -0.39 is 5.54 Å². The average molecular weight is 610 g/mol. The van der Waals surface area contributed by atoms with Crippen LogP contribution in [0, 0.1) is 6.92 Å². The van der Waals surface area contributed by atoms with E-state index in [0.717, 1.165) is 16.8 Å². The monoisotopic (exact) mass is 609 g/mol. The molecule has 0 aliphatic carbocycles. The van der Waals surface area contributed by atoms with Crippen molar-refractivity contribution in [3.8, 4) is 11.3 Å². The van der Waals surface area contributed by atoms with Gasteiger partial charge in [0, 0.05) is 59.9 Å². The molecule has 1 aliphatic rings. The lowest BCUT2D eigenvalue weighted by molar-refractivity contribution is -0.0447. The van der Waals surface area contributed by atoms with Crippen LogP contribution in [-0.4, -0.2) is 69.3 Å². The number of rotatable bonds is 7. The quantitative estimate of drug-likeness (QED) is 0.310. The fourth-order valence-electron chi connectivity index (χ4n) is 5.48. The summed E-state index contributed by atoms with van der Waals surface area (Å²) in [5.41, 5.74) is 3.81. The third kappa shape index (κ3) is 6.82. The molecule has 2 N–H and O–H groups in total. The predicted molar refractivity (Wildman–Crippen MR) is 175 cm³/mol. The summed E-state index contributed by atoms with van der Waals surface area (Å²) in [7, 11) is 1.67. The lowest BCUT2D eigenvalue weighted by Gasteiger charge is -2.37. The topological polar surface area (TPSA) is 117 Å². The number of aryl methyl sites for hydroxylation is 1. The first kappa shape index (κ1) is 31.6. The van der Waals surface area contributed by atoms with Crippen LogP contribution >= 0.6 is 0 Å². The lowest BCUT2D eigenvalue weighted by atomic mass is 9.97. The molecule has 0 spiro atoms. The Morgan fingerprint density at radius 1 is 1.02 bits per heavy atom. The highest BCUT2D eigenvalue weighted by Gasteiger charge is 2.31. The Bertz CT molecular complexity index is 1750. The number of nitrogens with zero attached hydrogens (tertiary/aromatic N) is 4. The molecule has 0 radical (unpaired) electrons. The molecule has 1 saturated heterocycles. The molecular weight excluding hydrogens is 570 g/mol. The van der Waals surface area contributed by atoms with Crippen molar-refractivity contribution >= 4 is 29.0 Å². The van der Waals surface area contributed by atoms with Crippen LogP contribution < -0.4 is 15.8 Å². The number of morpholine rings is 1. The van der Waals surface area contributed by atoms with Crippen molar-refractivity contribution in [1.82, 2.24) is 14.5 Å². The second-order valence-corrected chi connectivity index (χ2v) is 12.1. The van der Waals surface area contributed by atoms with Crippen LogP contribution in [-0.2, 0) is 11.8 Å².